The van der Waals surface area contributed by atoms with Gasteiger partial charge >= 0.3 is 0 Å². The molecular weight excluding hydrogens is 286 g/mol. The molecule has 0 aliphatic carbocycles. The summed E-state index contributed by atoms with van der Waals surface area (Å²) >= 11 is 0. The van der Waals surface area contributed by atoms with Gasteiger partial charge in [0, 0.05) is 36.6 Å². The molecule has 1 unspecified atom stereocenters. The van der Waals surface area contributed by atoms with Crippen molar-refractivity contribution in [1.82, 2.24) is 15.2 Å². The van der Waals surface area contributed by atoms with E-state index < -0.39 is 0 Å². The summed E-state index contributed by atoms with van der Waals surface area (Å²) in [6.07, 6.45) is 0. The van der Waals surface area contributed by atoms with Crippen LogP contribution in [0.4, 0.5) is 0 Å². The fourth-order valence-electron chi connectivity index (χ4n) is 3.11. The summed E-state index contributed by atoms with van der Waals surface area (Å²) in [4.78, 5) is 7.30. The molecule has 1 aromatic carbocycles. The van der Waals surface area contributed by atoms with Crippen molar-refractivity contribution in [2.24, 2.45) is 0 Å². The van der Waals surface area contributed by atoms with Crippen molar-refractivity contribution >= 4 is 10.9 Å². The summed E-state index contributed by atoms with van der Waals surface area (Å²) in [6.45, 7) is 11.4. The number of rotatable bonds is 5. The highest BCUT2D eigenvalue weighted by Crippen LogP contribution is 2.19. The van der Waals surface area contributed by atoms with Crippen LogP contribution in [0.3, 0.4) is 0 Å². The summed E-state index contributed by atoms with van der Waals surface area (Å²) in [6, 6.07) is 12.8. The lowest BCUT2D eigenvalue weighted by Gasteiger charge is -2.41. The minimum atomic E-state index is 0.120. The number of benzene rings is 1. The molecule has 4 nitrogen and oxygen atoms in total. The van der Waals surface area contributed by atoms with Gasteiger partial charge in [-0.3, -0.25) is 9.88 Å². The highest BCUT2D eigenvalue weighted by Gasteiger charge is 2.28. The zero-order valence-corrected chi connectivity index (χ0v) is 14.4. The van der Waals surface area contributed by atoms with Crippen LogP contribution in [0.2, 0.25) is 0 Å². The number of aromatic nitrogens is 1. The molecule has 1 N–H and O–H groups in total. The Balaban J connectivity index is 1.64. The summed E-state index contributed by atoms with van der Waals surface area (Å²) < 4.78 is 5.46. The molecule has 1 aliphatic rings. The number of nitrogens with zero attached hydrogens (tertiary/aromatic N) is 2. The molecule has 0 bridgehead atoms. The normalized spacial score (nSPS) is 18.2. The zero-order valence-electron chi connectivity index (χ0n) is 14.4. The average molecular weight is 313 g/mol. The SMILES string of the molecule is CC(NCC(C)(C)N1CCOCC1)c1ccc2ccccc2n1. The van der Waals surface area contributed by atoms with E-state index in [0.717, 1.165) is 44.1 Å². The van der Waals surface area contributed by atoms with Crippen LogP contribution < -0.4 is 5.32 Å². The molecule has 1 atom stereocenters. The average Bonchev–Trinajstić information content (AvgIpc) is 2.60. The van der Waals surface area contributed by atoms with E-state index in [0.29, 0.717) is 0 Å². The van der Waals surface area contributed by atoms with E-state index in [-0.39, 0.29) is 11.6 Å². The first-order valence-electron chi connectivity index (χ1n) is 8.48. The lowest BCUT2D eigenvalue weighted by molar-refractivity contribution is -0.0102. The first-order chi connectivity index (χ1) is 11.1. The van der Waals surface area contributed by atoms with Crippen LogP contribution in [0.5, 0.6) is 0 Å². The fraction of sp³-hybridized carbons (Fsp3) is 0.526. The van der Waals surface area contributed by atoms with Crippen LogP contribution in [-0.2, 0) is 4.74 Å². The van der Waals surface area contributed by atoms with Crippen LogP contribution in [0.25, 0.3) is 10.9 Å². The quantitative estimate of drug-likeness (QED) is 0.921. The van der Waals surface area contributed by atoms with Gasteiger partial charge in [0.2, 0.25) is 0 Å². The zero-order chi connectivity index (χ0) is 16.3. The van der Waals surface area contributed by atoms with Crippen LogP contribution in [0.1, 0.15) is 32.5 Å². The number of fused-ring (bicyclic) bond motifs is 1. The van der Waals surface area contributed by atoms with Gasteiger partial charge in [-0.2, -0.15) is 0 Å². The maximum Gasteiger partial charge on any atom is 0.0706 e. The second-order valence-electron chi connectivity index (χ2n) is 6.94. The first-order valence-corrected chi connectivity index (χ1v) is 8.48. The fourth-order valence-corrected chi connectivity index (χ4v) is 3.11. The molecule has 4 heteroatoms. The monoisotopic (exact) mass is 313 g/mol. The largest absolute Gasteiger partial charge is 0.379 e. The van der Waals surface area contributed by atoms with E-state index in [1.54, 1.807) is 0 Å². The summed E-state index contributed by atoms with van der Waals surface area (Å²) in [5.74, 6) is 0. The predicted molar refractivity (Wildman–Crippen MR) is 94.6 cm³/mol. The van der Waals surface area contributed by atoms with Crippen molar-refractivity contribution in [3.05, 3.63) is 42.1 Å². The molecule has 0 saturated carbocycles. The molecule has 2 aromatic rings. The van der Waals surface area contributed by atoms with Gasteiger partial charge in [-0.1, -0.05) is 24.3 Å². The Morgan fingerprint density at radius 2 is 1.91 bits per heavy atom. The Morgan fingerprint density at radius 3 is 2.70 bits per heavy atom. The Morgan fingerprint density at radius 1 is 1.17 bits per heavy atom. The molecule has 0 spiro atoms. The predicted octanol–water partition coefficient (Wildman–Crippen LogP) is 3.00. The van der Waals surface area contributed by atoms with Crippen LogP contribution >= 0.6 is 0 Å². The lowest BCUT2D eigenvalue weighted by Crippen LogP contribution is -2.54. The van der Waals surface area contributed by atoms with E-state index in [1.807, 2.05) is 6.07 Å². The van der Waals surface area contributed by atoms with Crippen molar-refractivity contribution in [3.8, 4) is 0 Å². The lowest BCUT2D eigenvalue weighted by atomic mass is 10.0. The van der Waals surface area contributed by atoms with E-state index in [2.05, 4.69) is 61.3 Å². The minimum absolute atomic E-state index is 0.120. The Labute approximate surface area is 138 Å². The first kappa shape index (κ1) is 16.4. The van der Waals surface area contributed by atoms with Gasteiger partial charge in [-0.05, 0) is 32.9 Å². The number of morpholine rings is 1. The second kappa shape index (κ2) is 6.95. The van der Waals surface area contributed by atoms with Gasteiger partial charge in [-0.15, -0.1) is 0 Å². The Kier molecular flexibility index (Phi) is 4.95. The number of hydrogen-bond donors (Lipinski definition) is 1. The smallest absolute Gasteiger partial charge is 0.0706 e. The van der Waals surface area contributed by atoms with Crippen molar-refractivity contribution in [2.45, 2.75) is 32.4 Å². The van der Waals surface area contributed by atoms with E-state index in [4.69, 9.17) is 9.72 Å². The second-order valence-corrected chi connectivity index (χ2v) is 6.94. The highest BCUT2D eigenvalue weighted by molar-refractivity contribution is 5.78. The third-order valence-corrected chi connectivity index (χ3v) is 4.77. The standard InChI is InChI=1S/C19H27N3O/c1-15(17-9-8-16-6-4-5-7-18(16)21-17)20-14-19(2,3)22-10-12-23-13-11-22/h4-9,15,20H,10-14H2,1-3H3. The third kappa shape index (κ3) is 3.89. The van der Waals surface area contributed by atoms with E-state index in [9.17, 15) is 0 Å². The highest BCUT2D eigenvalue weighted by atomic mass is 16.5. The molecule has 1 saturated heterocycles. The molecule has 1 fully saturated rings. The van der Waals surface area contributed by atoms with Crippen molar-refractivity contribution in [2.75, 3.05) is 32.8 Å². The van der Waals surface area contributed by atoms with Crippen LogP contribution in [-0.4, -0.2) is 48.3 Å². The van der Waals surface area contributed by atoms with Gasteiger partial charge in [0.25, 0.3) is 0 Å². The number of para-hydroxylation sites is 1. The van der Waals surface area contributed by atoms with Crippen molar-refractivity contribution < 1.29 is 4.74 Å². The Bertz CT molecular complexity index is 650. The van der Waals surface area contributed by atoms with Gasteiger partial charge < -0.3 is 10.1 Å². The van der Waals surface area contributed by atoms with Gasteiger partial charge in [0.1, 0.15) is 0 Å². The summed E-state index contributed by atoms with van der Waals surface area (Å²) in [5, 5.41) is 4.85. The minimum Gasteiger partial charge on any atom is -0.379 e. The summed E-state index contributed by atoms with van der Waals surface area (Å²) in [7, 11) is 0. The number of pyridine rings is 1. The maximum atomic E-state index is 5.46. The molecule has 0 radical (unpaired) electrons. The maximum absolute atomic E-state index is 5.46. The van der Waals surface area contributed by atoms with Crippen LogP contribution in [0, 0.1) is 0 Å². The topological polar surface area (TPSA) is 37.4 Å². The van der Waals surface area contributed by atoms with Gasteiger partial charge in [-0.25, -0.2) is 0 Å². The van der Waals surface area contributed by atoms with E-state index >= 15 is 0 Å². The molecule has 2 heterocycles. The van der Waals surface area contributed by atoms with Gasteiger partial charge in [0.05, 0.1) is 24.4 Å². The number of ether oxygens (including phenoxy) is 1. The molecule has 124 valence electrons. The molecule has 1 aliphatic heterocycles. The number of nitrogens with one attached hydrogen (secondary N) is 1. The van der Waals surface area contributed by atoms with Crippen molar-refractivity contribution in [3.63, 3.8) is 0 Å². The Hall–Kier alpha value is -1.49. The molecule has 3 rings (SSSR count). The molecular formula is C19H27N3O. The van der Waals surface area contributed by atoms with Gasteiger partial charge in [0.15, 0.2) is 0 Å². The third-order valence-electron chi connectivity index (χ3n) is 4.77. The molecule has 0 amide bonds. The van der Waals surface area contributed by atoms with Crippen LogP contribution in [0.15, 0.2) is 36.4 Å². The van der Waals surface area contributed by atoms with Crippen molar-refractivity contribution in [1.29, 1.82) is 0 Å². The number of hydrogen-bond acceptors (Lipinski definition) is 4. The summed E-state index contributed by atoms with van der Waals surface area (Å²) in [5.41, 5.74) is 2.28. The molecule has 1 aromatic heterocycles. The van der Waals surface area contributed by atoms with E-state index in [1.165, 1.54) is 5.39 Å². The molecule has 23 heavy (non-hydrogen) atoms.